The zero-order chi connectivity index (χ0) is 12.3. The van der Waals surface area contributed by atoms with E-state index in [4.69, 9.17) is 9.15 Å². The van der Waals surface area contributed by atoms with Gasteiger partial charge in [-0.3, -0.25) is 0 Å². The van der Waals surface area contributed by atoms with E-state index < -0.39 is 11.6 Å². The Balaban J connectivity index is 2.22. The van der Waals surface area contributed by atoms with Crippen molar-refractivity contribution in [3.63, 3.8) is 0 Å². The third-order valence-electron chi connectivity index (χ3n) is 1.95. The number of hydrogen-bond donors (Lipinski definition) is 0. The topological polar surface area (TPSA) is 69.4 Å². The SMILES string of the molecule is Cc1cc(OC(=O)c2ccccn2)cc(=O)o1. The summed E-state index contributed by atoms with van der Waals surface area (Å²) >= 11 is 0. The Hall–Kier alpha value is -2.43. The van der Waals surface area contributed by atoms with Crippen molar-refractivity contribution in [3.05, 3.63) is 58.4 Å². The van der Waals surface area contributed by atoms with E-state index in [0.717, 1.165) is 6.07 Å². The molecule has 0 N–H and O–H groups in total. The lowest BCUT2D eigenvalue weighted by molar-refractivity contribution is 0.0727. The standard InChI is InChI=1S/C12H9NO4/c1-8-6-9(7-11(14)16-8)17-12(15)10-4-2-3-5-13-10/h2-7H,1H3. The Morgan fingerprint density at radius 1 is 1.35 bits per heavy atom. The van der Waals surface area contributed by atoms with E-state index >= 15 is 0 Å². The fraction of sp³-hybridized carbons (Fsp3) is 0.0833. The molecule has 2 aromatic rings. The minimum Gasteiger partial charge on any atom is -0.428 e. The molecule has 0 amide bonds. The first-order valence-corrected chi connectivity index (χ1v) is 4.90. The maximum absolute atomic E-state index is 11.6. The molecule has 2 rings (SSSR count). The molecular formula is C12H9NO4. The molecule has 0 aliphatic rings. The summed E-state index contributed by atoms with van der Waals surface area (Å²) in [6.07, 6.45) is 1.49. The van der Waals surface area contributed by atoms with Crippen molar-refractivity contribution in [1.29, 1.82) is 0 Å². The summed E-state index contributed by atoms with van der Waals surface area (Å²) in [5.41, 5.74) is -0.382. The number of esters is 1. The molecule has 0 aliphatic carbocycles. The van der Waals surface area contributed by atoms with Crippen molar-refractivity contribution < 1.29 is 13.9 Å². The van der Waals surface area contributed by atoms with Gasteiger partial charge in [0, 0.05) is 12.3 Å². The first-order chi connectivity index (χ1) is 8.15. The zero-order valence-electron chi connectivity index (χ0n) is 9.04. The van der Waals surface area contributed by atoms with E-state index in [0.29, 0.717) is 5.76 Å². The van der Waals surface area contributed by atoms with Crippen LogP contribution < -0.4 is 10.4 Å². The van der Waals surface area contributed by atoms with E-state index in [1.165, 1.54) is 18.3 Å². The number of carbonyl (C=O) groups excluding carboxylic acids is 1. The molecule has 5 heteroatoms. The summed E-state index contributed by atoms with van der Waals surface area (Å²) in [6.45, 7) is 1.60. The van der Waals surface area contributed by atoms with Gasteiger partial charge in [0.15, 0.2) is 0 Å². The second-order valence-corrected chi connectivity index (χ2v) is 3.33. The van der Waals surface area contributed by atoms with Crippen molar-refractivity contribution >= 4 is 5.97 Å². The number of nitrogens with zero attached hydrogens (tertiary/aromatic N) is 1. The van der Waals surface area contributed by atoms with Crippen LogP contribution in [0.25, 0.3) is 0 Å². The molecular weight excluding hydrogens is 222 g/mol. The summed E-state index contributed by atoms with van der Waals surface area (Å²) < 4.78 is 9.74. The highest BCUT2D eigenvalue weighted by Crippen LogP contribution is 2.11. The molecule has 86 valence electrons. The maximum atomic E-state index is 11.6. The van der Waals surface area contributed by atoms with Crippen LogP contribution in [0.15, 0.2) is 45.7 Å². The van der Waals surface area contributed by atoms with Gasteiger partial charge in [0.25, 0.3) is 0 Å². The number of aryl methyl sites for hydroxylation is 1. The smallest absolute Gasteiger partial charge is 0.362 e. The fourth-order valence-electron chi connectivity index (χ4n) is 1.28. The van der Waals surface area contributed by atoms with Gasteiger partial charge in [0.05, 0.1) is 6.07 Å². The number of rotatable bonds is 2. The summed E-state index contributed by atoms with van der Waals surface area (Å²) in [6, 6.07) is 7.46. The van der Waals surface area contributed by atoms with Gasteiger partial charge < -0.3 is 9.15 Å². The van der Waals surface area contributed by atoms with Gasteiger partial charge in [0.2, 0.25) is 0 Å². The molecule has 2 heterocycles. The summed E-state index contributed by atoms with van der Waals surface area (Å²) in [4.78, 5) is 26.5. The lowest BCUT2D eigenvalue weighted by Gasteiger charge is -2.02. The van der Waals surface area contributed by atoms with Gasteiger partial charge in [-0.2, -0.15) is 0 Å². The predicted molar refractivity (Wildman–Crippen MR) is 58.9 cm³/mol. The summed E-state index contributed by atoms with van der Waals surface area (Å²) in [5.74, 6) is -0.0914. The maximum Gasteiger partial charge on any atom is 0.362 e. The molecule has 0 aliphatic heterocycles. The molecule has 0 unspecified atom stereocenters. The lowest BCUT2D eigenvalue weighted by atomic mass is 10.3. The van der Waals surface area contributed by atoms with Crippen LogP contribution in [-0.4, -0.2) is 11.0 Å². The van der Waals surface area contributed by atoms with Crippen molar-refractivity contribution in [3.8, 4) is 5.75 Å². The van der Waals surface area contributed by atoms with Crippen LogP contribution in [0, 0.1) is 6.92 Å². The summed E-state index contributed by atoms with van der Waals surface area (Å²) in [5, 5.41) is 0. The van der Waals surface area contributed by atoms with Crippen LogP contribution in [-0.2, 0) is 0 Å². The average Bonchev–Trinajstić information content (AvgIpc) is 2.28. The molecule has 5 nitrogen and oxygen atoms in total. The third-order valence-corrected chi connectivity index (χ3v) is 1.95. The largest absolute Gasteiger partial charge is 0.428 e. The van der Waals surface area contributed by atoms with Crippen molar-refractivity contribution in [1.82, 2.24) is 4.98 Å². The highest BCUT2D eigenvalue weighted by atomic mass is 16.5. The Kier molecular flexibility index (Phi) is 3.00. The molecule has 0 fully saturated rings. The van der Waals surface area contributed by atoms with E-state index in [2.05, 4.69) is 4.98 Å². The first kappa shape index (κ1) is 11.1. The van der Waals surface area contributed by atoms with Crippen LogP contribution in [0.2, 0.25) is 0 Å². The monoisotopic (exact) mass is 231 g/mol. The molecule has 2 aromatic heterocycles. The quantitative estimate of drug-likeness (QED) is 0.733. The number of hydrogen-bond acceptors (Lipinski definition) is 5. The van der Waals surface area contributed by atoms with Crippen LogP contribution in [0.4, 0.5) is 0 Å². The van der Waals surface area contributed by atoms with Gasteiger partial charge >= 0.3 is 11.6 Å². The second-order valence-electron chi connectivity index (χ2n) is 3.33. The van der Waals surface area contributed by atoms with E-state index in [9.17, 15) is 9.59 Å². The molecule has 0 aromatic carbocycles. The minimum absolute atomic E-state index is 0.148. The Bertz CT molecular complexity index is 589. The predicted octanol–water partition coefficient (Wildman–Crippen LogP) is 1.56. The second kappa shape index (κ2) is 4.61. The summed E-state index contributed by atoms with van der Waals surface area (Å²) in [7, 11) is 0. The van der Waals surface area contributed by atoms with E-state index in [-0.39, 0.29) is 11.4 Å². The Labute approximate surface area is 96.7 Å². The Morgan fingerprint density at radius 3 is 2.82 bits per heavy atom. The number of ether oxygens (including phenoxy) is 1. The minimum atomic E-state index is -0.615. The van der Waals surface area contributed by atoms with Crippen LogP contribution in [0.1, 0.15) is 16.2 Å². The molecule has 0 atom stereocenters. The van der Waals surface area contributed by atoms with Crippen LogP contribution >= 0.6 is 0 Å². The molecule has 0 spiro atoms. The third kappa shape index (κ3) is 2.78. The number of aromatic nitrogens is 1. The van der Waals surface area contributed by atoms with Crippen LogP contribution in [0.5, 0.6) is 5.75 Å². The van der Waals surface area contributed by atoms with Gasteiger partial charge in [-0.05, 0) is 19.1 Å². The molecule has 0 saturated carbocycles. The van der Waals surface area contributed by atoms with Crippen LogP contribution in [0.3, 0.4) is 0 Å². The normalized spacial score (nSPS) is 9.94. The van der Waals surface area contributed by atoms with Crippen molar-refractivity contribution in [2.24, 2.45) is 0 Å². The first-order valence-electron chi connectivity index (χ1n) is 4.90. The molecule has 0 radical (unpaired) electrons. The van der Waals surface area contributed by atoms with Gasteiger partial charge in [-0.25, -0.2) is 14.6 Å². The number of pyridine rings is 1. The van der Waals surface area contributed by atoms with Gasteiger partial charge in [-0.1, -0.05) is 6.07 Å². The van der Waals surface area contributed by atoms with E-state index in [1.54, 1.807) is 19.1 Å². The highest BCUT2D eigenvalue weighted by Gasteiger charge is 2.10. The van der Waals surface area contributed by atoms with Crippen molar-refractivity contribution in [2.75, 3.05) is 0 Å². The molecule has 17 heavy (non-hydrogen) atoms. The van der Waals surface area contributed by atoms with Crippen molar-refractivity contribution in [2.45, 2.75) is 6.92 Å². The number of carbonyl (C=O) groups is 1. The van der Waals surface area contributed by atoms with Gasteiger partial charge in [-0.15, -0.1) is 0 Å². The van der Waals surface area contributed by atoms with E-state index in [1.807, 2.05) is 0 Å². The lowest BCUT2D eigenvalue weighted by Crippen LogP contribution is -2.11. The zero-order valence-corrected chi connectivity index (χ0v) is 9.04. The average molecular weight is 231 g/mol. The Morgan fingerprint density at radius 2 is 2.18 bits per heavy atom. The highest BCUT2D eigenvalue weighted by molar-refractivity contribution is 5.88. The molecule has 0 saturated heterocycles. The van der Waals surface area contributed by atoms with Gasteiger partial charge in [0.1, 0.15) is 17.2 Å². The fourth-order valence-corrected chi connectivity index (χ4v) is 1.28. The molecule has 0 bridgehead atoms.